The molecule has 1 heterocycles. The van der Waals surface area contributed by atoms with Crippen LogP contribution in [0.4, 0.5) is 0 Å². The lowest BCUT2D eigenvalue weighted by molar-refractivity contribution is 0.0311. The van der Waals surface area contributed by atoms with Gasteiger partial charge in [0.2, 0.25) is 0 Å². The van der Waals surface area contributed by atoms with E-state index in [-0.39, 0.29) is 0 Å². The summed E-state index contributed by atoms with van der Waals surface area (Å²) in [4.78, 5) is 2.66. The van der Waals surface area contributed by atoms with Crippen molar-refractivity contribution in [3.63, 3.8) is 0 Å². The highest BCUT2D eigenvalue weighted by Gasteiger charge is 2.49. The molecule has 0 radical (unpaired) electrons. The summed E-state index contributed by atoms with van der Waals surface area (Å²) in [5.41, 5.74) is 0.749. The van der Waals surface area contributed by atoms with Gasteiger partial charge in [0, 0.05) is 12.6 Å². The van der Waals surface area contributed by atoms with E-state index in [0.717, 1.165) is 23.3 Å². The third kappa shape index (κ3) is 1.71. The fraction of sp³-hybridized carbons (Fsp3) is 1.00. The molecule has 0 aromatic rings. The molecule has 82 valence electrons. The number of likely N-dealkylation sites (tertiary alicyclic amines) is 1. The van der Waals surface area contributed by atoms with Crippen molar-refractivity contribution in [3.8, 4) is 0 Å². The van der Waals surface area contributed by atoms with Gasteiger partial charge in [0.25, 0.3) is 0 Å². The van der Waals surface area contributed by atoms with E-state index >= 15 is 0 Å². The van der Waals surface area contributed by atoms with Gasteiger partial charge in [-0.2, -0.15) is 0 Å². The monoisotopic (exact) mass is 195 g/mol. The maximum absolute atomic E-state index is 2.66. The minimum absolute atomic E-state index is 0.749. The van der Waals surface area contributed by atoms with Gasteiger partial charge in [0.15, 0.2) is 0 Å². The van der Waals surface area contributed by atoms with E-state index in [1.54, 1.807) is 0 Å². The van der Waals surface area contributed by atoms with Crippen LogP contribution in [0, 0.1) is 17.3 Å². The Morgan fingerprint density at radius 1 is 1.14 bits per heavy atom. The van der Waals surface area contributed by atoms with E-state index in [2.05, 4.69) is 32.6 Å². The van der Waals surface area contributed by atoms with Crippen LogP contribution in [0.1, 0.15) is 47.0 Å². The molecule has 0 N–H and O–H groups in total. The zero-order valence-electron chi connectivity index (χ0n) is 10.2. The van der Waals surface area contributed by atoms with E-state index in [1.807, 2.05) is 0 Å². The highest BCUT2D eigenvalue weighted by atomic mass is 15.2. The van der Waals surface area contributed by atoms with Crippen LogP contribution in [0.25, 0.3) is 0 Å². The van der Waals surface area contributed by atoms with Gasteiger partial charge in [0.1, 0.15) is 0 Å². The smallest absolute Gasteiger partial charge is 0.00414 e. The van der Waals surface area contributed by atoms with E-state index in [0.29, 0.717) is 0 Å². The second kappa shape index (κ2) is 3.52. The van der Waals surface area contributed by atoms with E-state index in [9.17, 15) is 0 Å². The zero-order valence-corrected chi connectivity index (χ0v) is 10.2. The molecule has 2 aliphatic rings. The molecular formula is C13H25N. The molecular weight excluding hydrogens is 170 g/mol. The molecule has 0 atom stereocenters. The summed E-state index contributed by atoms with van der Waals surface area (Å²) in [6.07, 6.45) is 4.48. The topological polar surface area (TPSA) is 3.24 Å². The normalized spacial score (nSPS) is 38.6. The summed E-state index contributed by atoms with van der Waals surface area (Å²) < 4.78 is 0. The standard InChI is InChI=1S/C13H25N/c1-10(2)12-7-13(8-12)5-6-14(9-13)11(3)4/h10-12H,5-9H2,1-4H3. The van der Waals surface area contributed by atoms with Gasteiger partial charge in [-0.3, -0.25) is 0 Å². The van der Waals surface area contributed by atoms with Crippen LogP contribution in [0.15, 0.2) is 0 Å². The van der Waals surface area contributed by atoms with Crippen LogP contribution in [0.2, 0.25) is 0 Å². The van der Waals surface area contributed by atoms with Crippen LogP contribution in [-0.4, -0.2) is 24.0 Å². The third-order valence-electron chi connectivity index (χ3n) is 4.53. The lowest BCUT2D eigenvalue weighted by atomic mass is 9.58. The van der Waals surface area contributed by atoms with Gasteiger partial charge in [0.05, 0.1) is 0 Å². The average Bonchev–Trinajstić information content (AvgIpc) is 2.44. The first-order chi connectivity index (χ1) is 6.52. The maximum atomic E-state index is 2.66. The number of hydrogen-bond donors (Lipinski definition) is 0. The number of rotatable bonds is 2. The molecule has 1 aliphatic carbocycles. The predicted molar refractivity (Wildman–Crippen MR) is 61.3 cm³/mol. The average molecular weight is 195 g/mol. The van der Waals surface area contributed by atoms with Crippen molar-refractivity contribution in [2.45, 2.75) is 53.0 Å². The minimum Gasteiger partial charge on any atom is -0.300 e. The van der Waals surface area contributed by atoms with Crippen molar-refractivity contribution in [3.05, 3.63) is 0 Å². The first-order valence-corrected chi connectivity index (χ1v) is 6.26. The minimum atomic E-state index is 0.749. The maximum Gasteiger partial charge on any atom is 0.00414 e. The Labute approximate surface area is 88.9 Å². The van der Waals surface area contributed by atoms with Crippen molar-refractivity contribution < 1.29 is 0 Å². The molecule has 0 aromatic carbocycles. The summed E-state index contributed by atoms with van der Waals surface area (Å²) in [6, 6.07) is 0.757. The highest BCUT2D eigenvalue weighted by Crippen LogP contribution is 2.54. The molecule has 1 nitrogen and oxygen atoms in total. The molecule has 1 spiro atoms. The van der Waals surface area contributed by atoms with Gasteiger partial charge in [-0.1, -0.05) is 13.8 Å². The summed E-state index contributed by atoms with van der Waals surface area (Å²) in [6.45, 7) is 12.2. The predicted octanol–water partition coefficient (Wildman–Crippen LogP) is 3.15. The molecule has 0 bridgehead atoms. The Bertz CT molecular complexity index is 201. The second-order valence-electron chi connectivity index (χ2n) is 6.23. The van der Waals surface area contributed by atoms with Crippen molar-refractivity contribution in [2.24, 2.45) is 17.3 Å². The zero-order chi connectivity index (χ0) is 10.3. The van der Waals surface area contributed by atoms with Gasteiger partial charge < -0.3 is 4.90 Å². The fourth-order valence-electron chi connectivity index (χ4n) is 3.27. The quantitative estimate of drug-likeness (QED) is 0.654. The molecule has 0 unspecified atom stereocenters. The van der Waals surface area contributed by atoms with Crippen LogP contribution in [-0.2, 0) is 0 Å². The molecule has 1 saturated carbocycles. The van der Waals surface area contributed by atoms with Crippen molar-refractivity contribution >= 4 is 0 Å². The van der Waals surface area contributed by atoms with Crippen LogP contribution < -0.4 is 0 Å². The van der Waals surface area contributed by atoms with Gasteiger partial charge in [-0.05, 0) is 56.9 Å². The fourth-order valence-corrected chi connectivity index (χ4v) is 3.27. The summed E-state index contributed by atoms with van der Waals surface area (Å²) >= 11 is 0. The van der Waals surface area contributed by atoms with Crippen LogP contribution >= 0.6 is 0 Å². The number of nitrogens with zero attached hydrogens (tertiary/aromatic N) is 1. The van der Waals surface area contributed by atoms with Crippen LogP contribution in [0.5, 0.6) is 0 Å². The molecule has 14 heavy (non-hydrogen) atoms. The summed E-state index contributed by atoms with van der Waals surface area (Å²) in [5, 5.41) is 0. The number of hydrogen-bond acceptors (Lipinski definition) is 1. The van der Waals surface area contributed by atoms with Crippen molar-refractivity contribution in [1.29, 1.82) is 0 Å². The third-order valence-corrected chi connectivity index (χ3v) is 4.53. The first kappa shape index (κ1) is 10.5. The molecule has 0 aromatic heterocycles. The van der Waals surface area contributed by atoms with Gasteiger partial charge in [-0.15, -0.1) is 0 Å². The Morgan fingerprint density at radius 2 is 1.79 bits per heavy atom. The molecule has 2 rings (SSSR count). The van der Waals surface area contributed by atoms with Crippen LogP contribution in [0.3, 0.4) is 0 Å². The van der Waals surface area contributed by atoms with E-state index < -0.39 is 0 Å². The van der Waals surface area contributed by atoms with Crippen molar-refractivity contribution in [1.82, 2.24) is 4.90 Å². The SMILES string of the molecule is CC(C)C1CC2(CCN(C(C)C)C2)C1. The van der Waals surface area contributed by atoms with E-state index in [1.165, 1.54) is 32.4 Å². The lowest BCUT2D eigenvalue weighted by Crippen LogP contribution is -2.42. The molecule has 2 fully saturated rings. The summed E-state index contributed by atoms with van der Waals surface area (Å²) in [5.74, 6) is 1.94. The molecule has 1 aliphatic heterocycles. The highest BCUT2D eigenvalue weighted by molar-refractivity contribution is 5.01. The van der Waals surface area contributed by atoms with Gasteiger partial charge >= 0.3 is 0 Å². The summed E-state index contributed by atoms with van der Waals surface area (Å²) in [7, 11) is 0. The molecule has 0 amide bonds. The Morgan fingerprint density at radius 3 is 2.21 bits per heavy atom. The largest absolute Gasteiger partial charge is 0.300 e. The first-order valence-electron chi connectivity index (χ1n) is 6.26. The van der Waals surface area contributed by atoms with Gasteiger partial charge in [-0.25, -0.2) is 0 Å². The second-order valence-corrected chi connectivity index (χ2v) is 6.23. The van der Waals surface area contributed by atoms with Crippen molar-refractivity contribution in [2.75, 3.05) is 13.1 Å². The Balaban J connectivity index is 1.86. The molecule has 1 saturated heterocycles. The Hall–Kier alpha value is -0.0400. The Kier molecular flexibility index (Phi) is 2.63. The molecule has 1 heteroatoms. The lowest BCUT2D eigenvalue weighted by Gasteiger charge is -2.47. The van der Waals surface area contributed by atoms with E-state index in [4.69, 9.17) is 0 Å².